The van der Waals surface area contributed by atoms with E-state index in [9.17, 15) is 4.79 Å². The van der Waals surface area contributed by atoms with E-state index in [1.54, 1.807) is 12.1 Å². The summed E-state index contributed by atoms with van der Waals surface area (Å²) in [5, 5.41) is 3.27. The number of anilines is 1. The van der Waals surface area contributed by atoms with E-state index in [0.717, 1.165) is 29.0 Å². The number of fused-ring (bicyclic) bond motifs is 2. The summed E-state index contributed by atoms with van der Waals surface area (Å²) < 4.78 is 5.82. The Morgan fingerprint density at radius 3 is 2.88 bits per heavy atom. The molecule has 0 bridgehead atoms. The van der Waals surface area contributed by atoms with Crippen molar-refractivity contribution in [1.82, 2.24) is 0 Å². The molecule has 0 spiro atoms. The molecule has 0 saturated heterocycles. The molecule has 1 aliphatic rings. The Bertz CT molecular complexity index is 578. The maximum atomic E-state index is 10.7. The average Bonchev–Trinajstić information content (AvgIpc) is 2.57. The maximum Gasteiger partial charge on any atom is 0.150 e. The maximum absolute atomic E-state index is 10.7. The summed E-state index contributed by atoms with van der Waals surface area (Å²) >= 11 is 0. The molecule has 1 N–H and O–H groups in total. The van der Waals surface area contributed by atoms with E-state index in [1.165, 1.54) is 0 Å². The van der Waals surface area contributed by atoms with E-state index < -0.39 is 0 Å². The Labute approximate surface area is 99.0 Å². The first-order valence-electron chi connectivity index (χ1n) is 5.46. The molecule has 0 fully saturated rings. The smallest absolute Gasteiger partial charge is 0.150 e. The van der Waals surface area contributed by atoms with E-state index in [0.29, 0.717) is 12.1 Å². The molecular formula is C14H11NO2. The highest BCUT2D eigenvalue weighted by molar-refractivity contribution is 5.79. The van der Waals surface area contributed by atoms with Gasteiger partial charge in [0, 0.05) is 17.7 Å². The summed E-state index contributed by atoms with van der Waals surface area (Å²) in [4.78, 5) is 10.7. The molecule has 1 aliphatic heterocycles. The molecule has 0 saturated carbocycles. The molecule has 2 aromatic carbocycles. The molecule has 3 rings (SSSR count). The number of hydrogen-bond acceptors (Lipinski definition) is 3. The van der Waals surface area contributed by atoms with E-state index >= 15 is 0 Å². The molecule has 2 aromatic rings. The van der Waals surface area contributed by atoms with Crippen LogP contribution in [-0.4, -0.2) is 6.29 Å². The first kappa shape index (κ1) is 9.90. The first-order valence-corrected chi connectivity index (χ1v) is 5.46. The number of rotatable bonds is 1. The van der Waals surface area contributed by atoms with Crippen molar-refractivity contribution in [2.45, 2.75) is 6.54 Å². The summed E-state index contributed by atoms with van der Waals surface area (Å²) in [6.07, 6.45) is 0.833. The molecule has 17 heavy (non-hydrogen) atoms. The fourth-order valence-corrected chi connectivity index (χ4v) is 1.91. The Hall–Kier alpha value is -2.29. The number of nitrogens with one attached hydrogen (secondary N) is 1. The van der Waals surface area contributed by atoms with Gasteiger partial charge in [0.25, 0.3) is 0 Å². The van der Waals surface area contributed by atoms with Crippen LogP contribution in [-0.2, 0) is 6.54 Å². The minimum Gasteiger partial charge on any atom is -0.455 e. The summed E-state index contributed by atoms with van der Waals surface area (Å²) in [6, 6.07) is 13.3. The highest BCUT2D eigenvalue weighted by Crippen LogP contribution is 2.35. The average molecular weight is 225 g/mol. The predicted molar refractivity (Wildman–Crippen MR) is 65.7 cm³/mol. The van der Waals surface area contributed by atoms with Crippen LogP contribution in [0.3, 0.4) is 0 Å². The van der Waals surface area contributed by atoms with Gasteiger partial charge in [-0.25, -0.2) is 0 Å². The minimum atomic E-state index is 0.644. The number of para-hydroxylation sites is 1. The molecule has 0 aliphatic carbocycles. The zero-order chi connectivity index (χ0) is 11.7. The molecule has 0 unspecified atom stereocenters. The van der Waals surface area contributed by atoms with Gasteiger partial charge in [0.2, 0.25) is 0 Å². The van der Waals surface area contributed by atoms with Crippen LogP contribution in [0.4, 0.5) is 5.69 Å². The predicted octanol–water partition coefficient (Wildman–Crippen LogP) is 3.22. The molecule has 84 valence electrons. The number of benzene rings is 2. The van der Waals surface area contributed by atoms with Crippen molar-refractivity contribution in [2.24, 2.45) is 0 Å². The highest BCUT2D eigenvalue weighted by atomic mass is 16.5. The largest absolute Gasteiger partial charge is 0.455 e. The zero-order valence-electron chi connectivity index (χ0n) is 9.14. The van der Waals surface area contributed by atoms with Gasteiger partial charge >= 0.3 is 0 Å². The summed E-state index contributed by atoms with van der Waals surface area (Å²) in [7, 11) is 0. The molecular weight excluding hydrogens is 214 g/mol. The Balaban J connectivity index is 2.06. The van der Waals surface area contributed by atoms with Crippen LogP contribution in [0.25, 0.3) is 0 Å². The van der Waals surface area contributed by atoms with Gasteiger partial charge in [-0.2, -0.15) is 0 Å². The van der Waals surface area contributed by atoms with Gasteiger partial charge in [-0.15, -0.1) is 0 Å². The zero-order valence-corrected chi connectivity index (χ0v) is 9.14. The third kappa shape index (κ3) is 1.76. The van der Waals surface area contributed by atoms with Crippen LogP contribution < -0.4 is 10.1 Å². The number of aldehydes is 1. The summed E-state index contributed by atoms with van der Waals surface area (Å²) in [5.74, 6) is 1.61. The van der Waals surface area contributed by atoms with Gasteiger partial charge in [-0.3, -0.25) is 4.79 Å². The van der Waals surface area contributed by atoms with Gasteiger partial charge in [-0.05, 0) is 24.3 Å². The van der Waals surface area contributed by atoms with Gasteiger partial charge in [-0.1, -0.05) is 18.2 Å². The van der Waals surface area contributed by atoms with Crippen molar-refractivity contribution in [3.8, 4) is 11.5 Å². The van der Waals surface area contributed by atoms with Crippen molar-refractivity contribution in [1.29, 1.82) is 0 Å². The Morgan fingerprint density at radius 1 is 1.12 bits per heavy atom. The number of ether oxygens (including phenoxy) is 1. The lowest BCUT2D eigenvalue weighted by Gasteiger charge is -2.08. The summed E-state index contributed by atoms with van der Waals surface area (Å²) in [5.41, 5.74) is 2.60. The number of hydrogen-bond donors (Lipinski definition) is 1. The second-order valence-corrected chi connectivity index (χ2v) is 3.94. The first-order chi connectivity index (χ1) is 8.36. The van der Waals surface area contributed by atoms with E-state index in [1.807, 2.05) is 30.3 Å². The van der Waals surface area contributed by atoms with Gasteiger partial charge in [0.15, 0.2) is 5.75 Å². The molecule has 0 atom stereocenters. The van der Waals surface area contributed by atoms with Gasteiger partial charge in [0.05, 0.1) is 5.69 Å². The Kier molecular flexibility index (Phi) is 2.29. The van der Waals surface area contributed by atoms with Crippen molar-refractivity contribution >= 4 is 12.0 Å². The van der Waals surface area contributed by atoms with Crippen molar-refractivity contribution in [2.75, 3.05) is 5.32 Å². The number of carbonyl (C=O) groups is 1. The Morgan fingerprint density at radius 2 is 2.00 bits per heavy atom. The van der Waals surface area contributed by atoms with Crippen LogP contribution in [0.1, 0.15) is 15.9 Å². The molecule has 0 aromatic heterocycles. The third-order valence-electron chi connectivity index (χ3n) is 2.80. The van der Waals surface area contributed by atoms with Gasteiger partial charge < -0.3 is 10.1 Å². The quantitative estimate of drug-likeness (QED) is 0.757. The van der Waals surface area contributed by atoms with E-state index in [2.05, 4.69) is 5.32 Å². The van der Waals surface area contributed by atoms with Crippen LogP contribution in [0.5, 0.6) is 11.5 Å². The molecule has 3 nitrogen and oxygen atoms in total. The minimum absolute atomic E-state index is 0.644. The van der Waals surface area contributed by atoms with E-state index in [4.69, 9.17) is 4.74 Å². The lowest BCUT2D eigenvalue weighted by Crippen LogP contribution is -1.97. The van der Waals surface area contributed by atoms with E-state index in [-0.39, 0.29) is 0 Å². The van der Waals surface area contributed by atoms with Crippen LogP contribution in [0, 0.1) is 0 Å². The lowest BCUT2D eigenvalue weighted by atomic mass is 10.2. The second-order valence-electron chi connectivity index (χ2n) is 3.94. The molecule has 0 amide bonds. The van der Waals surface area contributed by atoms with Crippen LogP contribution in [0.2, 0.25) is 0 Å². The molecule has 3 heteroatoms. The van der Waals surface area contributed by atoms with Crippen molar-refractivity contribution < 1.29 is 9.53 Å². The van der Waals surface area contributed by atoms with Gasteiger partial charge in [0.1, 0.15) is 12.0 Å². The standard InChI is InChI=1S/C14H11NO2/c16-9-10-5-6-14-12(7-10)15-8-11-3-1-2-4-13(11)17-14/h1-7,9,15H,8H2. The monoisotopic (exact) mass is 225 g/mol. The van der Waals surface area contributed by atoms with Crippen molar-refractivity contribution in [3.05, 3.63) is 53.6 Å². The third-order valence-corrected chi connectivity index (χ3v) is 2.80. The fourth-order valence-electron chi connectivity index (χ4n) is 1.91. The van der Waals surface area contributed by atoms with Crippen LogP contribution >= 0.6 is 0 Å². The van der Waals surface area contributed by atoms with Crippen molar-refractivity contribution in [3.63, 3.8) is 0 Å². The highest BCUT2D eigenvalue weighted by Gasteiger charge is 2.13. The topological polar surface area (TPSA) is 38.3 Å². The summed E-state index contributed by atoms with van der Waals surface area (Å²) in [6.45, 7) is 0.700. The van der Waals surface area contributed by atoms with Crippen LogP contribution in [0.15, 0.2) is 42.5 Å². The lowest BCUT2D eigenvalue weighted by molar-refractivity contribution is 0.112. The fraction of sp³-hybridized carbons (Fsp3) is 0.0714. The SMILES string of the molecule is O=Cc1ccc2c(c1)NCc1ccccc1O2. The normalized spacial score (nSPS) is 12.5. The number of carbonyl (C=O) groups excluding carboxylic acids is 1. The molecule has 0 radical (unpaired) electrons. The second kappa shape index (κ2) is 3.94. The molecule has 1 heterocycles.